The van der Waals surface area contributed by atoms with E-state index in [-0.39, 0.29) is 5.92 Å². The van der Waals surface area contributed by atoms with Gasteiger partial charge in [0.15, 0.2) is 5.65 Å². The number of hydrogen-bond acceptors (Lipinski definition) is 6. The van der Waals surface area contributed by atoms with Gasteiger partial charge in [0.1, 0.15) is 11.4 Å². The second kappa shape index (κ2) is 10.4. The summed E-state index contributed by atoms with van der Waals surface area (Å²) in [7, 11) is 1.62. The third kappa shape index (κ3) is 5.00. The summed E-state index contributed by atoms with van der Waals surface area (Å²) in [5, 5.41) is 5.56. The summed E-state index contributed by atoms with van der Waals surface area (Å²) in [6.45, 7) is 9.80. The third-order valence-electron chi connectivity index (χ3n) is 7.08. The molecule has 0 atom stereocenters. The Morgan fingerprint density at radius 3 is 2.33 bits per heavy atom. The largest absolute Gasteiger partial charge is 0.497 e. The highest BCUT2D eigenvalue weighted by Gasteiger charge is 2.25. The number of aromatic nitrogens is 5. The molecular formula is C34H33N5O3. The number of rotatable bonds is 5. The highest BCUT2D eigenvalue weighted by atomic mass is 16.6. The van der Waals surface area contributed by atoms with Crippen LogP contribution in [0.4, 0.5) is 4.79 Å². The Labute approximate surface area is 244 Å². The fraction of sp³-hybridized carbons (Fsp3) is 0.235. The lowest BCUT2D eigenvalue weighted by atomic mass is 10.1. The molecule has 212 valence electrons. The minimum atomic E-state index is -0.671. The van der Waals surface area contributed by atoms with Crippen molar-refractivity contribution in [3.05, 3.63) is 90.9 Å². The molecule has 0 saturated heterocycles. The monoisotopic (exact) mass is 559 g/mol. The van der Waals surface area contributed by atoms with Crippen molar-refractivity contribution in [1.29, 1.82) is 0 Å². The van der Waals surface area contributed by atoms with Crippen LogP contribution in [-0.2, 0) is 4.74 Å². The number of carbonyl (C=O) groups is 1. The molecule has 6 aromatic rings. The molecule has 0 aliphatic heterocycles. The van der Waals surface area contributed by atoms with Gasteiger partial charge in [0.05, 0.1) is 35.9 Å². The minimum absolute atomic E-state index is 0.139. The van der Waals surface area contributed by atoms with E-state index in [0.717, 1.165) is 33.5 Å². The SMILES string of the molecule is COc1ccc2c(c1)cc(-c1cc(C(C)C)n3ncc(-c4ccc(-c5ccccc5)nc4)c3n1)n2C(=O)OC(C)(C)C. The van der Waals surface area contributed by atoms with Crippen LogP contribution in [0.25, 0.3) is 50.3 Å². The summed E-state index contributed by atoms with van der Waals surface area (Å²) in [5.74, 6) is 0.839. The number of pyridine rings is 1. The molecule has 0 aliphatic carbocycles. The van der Waals surface area contributed by atoms with Crippen LogP contribution in [-0.4, -0.2) is 43.0 Å². The van der Waals surface area contributed by atoms with Gasteiger partial charge in [-0.1, -0.05) is 50.2 Å². The number of nitrogens with zero attached hydrogens (tertiary/aromatic N) is 5. The Kier molecular flexibility index (Phi) is 6.77. The second-order valence-electron chi connectivity index (χ2n) is 11.6. The molecule has 0 unspecified atom stereocenters. The zero-order valence-electron chi connectivity index (χ0n) is 24.6. The molecule has 0 amide bonds. The van der Waals surface area contributed by atoms with Gasteiger partial charge in [0, 0.05) is 34.0 Å². The van der Waals surface area contributed by atoms with Crippen molar-refractivity contribution in [2.75, 3.05) is 7.11 Å². The quantitative estimate of drug-likeness (QED) is 0.213. The van der Waals surface area contributed by atoms with Crippen molar-refractivity contribution in [3.8, 4) is 39.5 Å². The van der Waals surface area contributed by atoms with Crippen molar-refractivity contribution < 1.29 is 14.3 Å². The maximum atomic E-state index is 13.6. The second-order valence-corrected chi connectivity index (χ2v) is 11.6. The van der Waals surface area contributed by atoms with Crippen LogP contribution in [0.2, 0.25) is 0 Å². The van der Waals surface area contributed by atoms with Gasteiger partial charge < -0.3 is 9.47 Å². The first-order chi connectivity index (χ1) is 20.1. The van der Waals surface area contributed by atoms with Crippen molar-refractivity contribution in [3.63, 3.8) is 0 Å². The normalized spacial score (nSPS) is 11.9. The number of carbonyl (C=O) groups excluding carboxylic acids is 1. The average Bonchev–Trinajstić information content (AvgIpc) is 3.57. The maximum absolute atomic E-state index is 13.6. The molecule has 0 aliphatic rings. The molecular weight excluding hydrogens is 526 g/mol. The first-order valence-electron chi connectivity index (χ1n) is 14.0. The summed E-state index contributed by atoms with van der Waals surface area (Å²) in [6.07, 6.45) is 3.21. The predicted molar refractivity (Wildman–Crippen MR) is 165 cm³/mol. The smallest absolute Gasteiger partial charge is 0.419 e. The lowest BCUT2D eigenvalue weighted by molar-refractivity contribution is 0.0547. The molecule has 4 heterocycles. The van der Waals surface area contributed by atoms with Gasteiger partial charge in [0.25, 0.3) is 0 Å². The summed E-state index contributed by atoms with van der Waals surface area (Å²) in [4.78, 5) is 23.4. The lowest BCUT2D eigenvalue weighted by Gasteiger charge is -2.21. The van der Waals surface area contributed by atoms with Crippen molar-refractivity contribution in [1.82, 2.24) is 24.1 Å². The summed E-state index contributed by atoms with van der Waals surface area (Å²) in [6, 6.07) is 23.7. The van der Waals surface area contributed by atoms with Gasteiger partial charge in [-0.3, -0.25) is 4.98 Å². The fourth-order valence-corrected chi connectivity index (χ4v) is 5.08. The average molecular weight is 560 g/mol. The van der Waals surface area contributed by atoms with Gasteiger partial charge in [-0.05, 0) is 63.1 Å². The molecule has 2 aromatic carbocycles. The fourth-order valence-electron chi connectivity index (χ4n) is 5.08. The van der Waals surface area contributed by atoms with Crippen LogP contribution in [0, 0.1) is 0 Å². The molecule has 0 fully saturated rings. The lowest BCUT2D eigenvalue weighted by Crippen LogP contribution is -2.27. The Morgan fingerprint density at radius 2 is 1.67 bits per heavy atom. The summed E-state index contributed by atoms with van der Waals surface area (Å²) >= 11 is 0. The van der Waals surface area contributed by atoms with Crippen LogP contribution < -0.4 is 4.74 Å². The minimum Gasteiger partial charge on any atom is -0.497 e. The molecule has 0 N–H and O–H groups in total. The highest BCUT2D eigenvalue weighted by molar-refractivity contribution is 5.96. The van der Waals surface area contributed by atoms with Crippen LogP contribution >= 0.6 is 0 Å². The van der Waals surface area contributed by atoms with Gasteiger partial charge in [0.2, 0.25) is 0 Å². The molecule has 8 heteroatoms. The van der Waals surface area contributed by atoms with E-state index in [1.54, 1.807) is 11.7 Å². The predicted octanol–water partition coefficient (Wildman–Crippen LogP) is 8.00. The standard InChI is InChI=1S/C34H33N5O3/c1-21(2)30-18-28(31-17-24-16-25(41-6)13-15-29(24)38(31)33(40)42-34(3,4)5)37-32-26(20-36-39(30)32)23-12-14-27(35-19-23)22-10-8-7-9-11-22/h7-21H,1-6H3. The van der Waals surface area contributed by atoms with E-state index >= 15 is 0 Å². The first kappa shape index (κ1) is 27.2. The zero-order valence-corrected chi connectivity index (χ0v) is 24.6. The van der Waals surface area contributed by atoms with Crippen molar-refractivity contribution in [2.24, 2.45) is 0 Å². The van der Waals surface area contributed by atoms with Gasteiger partial charge >= 0.3 is 6.09 Å². The van der Waals surface area contributed by atoms with Gasteiger partial charge in [-0.2, -0.15) is 5.10 Å². The van der Waals surface area contributed by atoms with Crippen LogP contribution in [0.3, 0.4) is 0 Å². The van der Waals surface area contributed by atoms with E-state index in [9.17, 15) is 4.79 Å². The van der Waals surface area contributed by atoms with Crippen LogP contribution in [0.5, 0.6) is 5.75 Å². The Bertz CT molecular complexity index is 1910. The van der Waals surface area contributed by atoms with E-state index in [2.05, 4.69) is 13.8 Å². The molecule has 4 aromatic heterocycles. The maximum Gasteiger partial charge on any atom is 0.419 e. The van der Waals surface area contributed by atoms with E-state index in [0.29, 0.717) is 28.3 Å². The molecule has 6 rings (SSSR count). The Balaban J connectivity index is 1.54. The van der Waals surface area contributed by atoms with Crippen LogP contribution in [0.15, 0.2) is 85.2 Å². The van der Waals surface area contributed by atoms with Crippen molar-refractivity contribution >= 4 is 22.6 Å². The molecule has 0 radical (unpaired) electrons. The number of fused-ring (bicyclic) bond motifs is 2. The molecule has 8 nitrogen and oxygen atoms in total. The Morgan fingerprint density at radius 1 is 0.881 bits per heavy atom. The molecule has 42 heavy (non-hydrogen) atoms. The molecule has 0 spiro atoms. The van der Waals surface area contributed by atoms with E-state index in [4.69, 9.17) is 24.5 Å². The number of benzene rings is 2. The third-order valence-corrected chi connectivity index (χ3v) is 7.08. The first-order valence-corrected chi connectivity index (χ1v) is 14.0. The van der Waals surface area contributed by atoms with Crippen LogP contribution in [0.1, 0.15) is 46.2 Å². The molecule has 0 saturated carbocycles. The topological polar surface area (TPSA) is 83.5 Å². The zero-order chi connectivity index (χ0) is 29.6. The van der Waals surface area contributed by atoms with Crippen molar-refractivity contribution in [2.45, 2.75) is 46.1 Å². The van der Waals surface area contributed by atoms with Gasteiger partial charge in [-0.25, -0.2) is 18.9 Å². The summed E-state index contributed by atoms with van der Waals surface area (Å²) < 4.78 is 14.8. The van der Waals surface area contributed by atoms with E-state index in [1.807, 2.05) is 110 Å². The number of ether oxygens (including phenoxy) is 2. The Hall–Kier alpha value is -4.98. The van der Waals surface area contributed by atoms with Gasteiger partial charge in [-0.15, -0.1) is 0 Å². The van der Waals surface area contributed by atoms with E-state index in [1.165, 1.54) is 0 Å². The highest BCUT2D eigenvalue weighted by Crippen LogP contribution is 2.34. The summed E-state index contributed by atoms with van der Waals surface area (Å²) in [5.41, 5.74) is 6.66. The molecule has 0 bridgehead atoms. The number of methoxy groups -OCH3 is 1. The number of hydrogen-bond donors (Lipinski definition) is 0. The van der Waals surface area contributed by atoms with E-state index < -0.39 is 11.7 Å².